The van der Waals surface area contributed by atoms with Crippen LogP contribution < -0.4 is 0 Å². The number of halogens is 3. The van der Waals surface area contributed by atoms with Gasteiger partial charge in [-0.15, -0.1) is 0 Å². The van der Waals surface area contributed by atoms with Crippen molar-refractivity contribution in [2.45, 2.75) is 37.4 Å². The Morgan fingerprint density at radius 1 is 1.21 bits per heavy atom. The molecule has 0 bridgehead atoms. The summed E-state index contributed by atoms with van der Waals surface area (Å²) in [6, 6.07) is 8.64. The van der Waals surface area contributed by atoms with Crippen LogP contribution in [-0.4, -0.2) is 67.7 Å². The molecule has 2 atom stereocenters. The lowest BCUT2D eigenvalue weighted by Crippen LogP contribution is -2.54. The van der Waals surface area contributed by atoms with Gasteiger partial charge in [0.25, 0.3) is 0 Å². The number of rotatable bonds is 5. The van der Waals surface area contributed by atoms with E-state index in [0.717, 1.165) is 10.5 Å². The van der Waals surface area contributed by atoms with Gasteiger partial charge in [-0.3, -0.25) is 9.59 Å². The third-order valence-corrected chi connectivity index (χ3v) is 5.92. The monoisotopic (exact) mass is 398 g/mol. The normalized spacial score (nSPS) is 24.5. The summed E-state index contributed by atoms with van der Waals surface area (Å²) in [7, 11) is 3.13. The molecule has 5 nitrogen and oxygen atoms in total. The van der Waals surface area contributed by atoms with Gasteiger partial charge < -0.3 is 14.5 Å². The number of amides is 1. The number of alkyl halides is 3. The fourth-order valence-corrected chi connectivity index (χ4v) is 4.10. The van der Waals surface area contributed by atoms with Crippen LogP contribution in [0.15, 0.2) is 30.3 Å². The zero-order valence-electron chi connectivity index (χ0n) is 16.0. The highest BCUT2D eigenvalue weighted by molar-refractivity contribution is 5.84. The van der Waals surface area contributed by atoms with Gasteiger partial charge in [-0.1, -0.05) is 30.3 Å². The van der Waals surface area contributed by atoms with E-state index in [2.05, 4.69) is 0 Å². The number of ether oxygens (including phenoxy) is 1. The first-order chi connectivity index (χ1) is 13.2. The average Bonchev–Trinajstić information content (AvgIpc) is 3.47. The SMILES string of the molecule is COC(=O)C1(CN(C(=O)C(F)(F)F)[C@H]2C[C@@H]2c2ccccc2)CCN(C)CC1. The van der Waals surface area contributed by atoms with E-state index in [4.69, 9.17) is 4.74 Å². The van der Waals surface area contributed by atoms with Gasteiger partial charge in [0.2, 0.25) is 0 Å². The molecule has 1 aromatic rings. The minimum absolute atomic E-state index is 0.145. The van der Waals surface area contributed by atoms with Crippen molar-refractivity contribution in [1.29, 1.82) is 0 Å². The van der Waals surface area contributed by atoms with Crippen LogP contribution >= 0.6 is 0 Å². The molecular formula is C20H25F3N2O3. The molecule has 1 amide bonds. The maximum atomic E-state index is 13.3. The zero-order valence-corrected chi connectivity index (χ0v) is 16.0. The van der Waals surface area contributed by atoms with Crippen LogP contribution in [0.25, 0.3) is 0 Å². The molecule has 0 spiro atoms. The van der Waals surface area contributed by atoms with Crippen LogP contribution in [-0.2, 0) is 14.3 Å². The van der Waals surface area contributed by atoms with Crippen molar-refractivity contribution in [2.24, 2.45) is 5.41 Å². The molecule has 0 unspecified atom stereocenters. The fraction of sp³-hybridized carbons (Fsp3) is 0.600. The molecule has 1 aliphatic heterocycles. The van der Waals surface area contributed by atoms with E-state index in [-0.39, 0.29) is 12.5 Å². The van der Waals surface area contributed by atoms with Crippen molar-refractivity contribution in [3.05, 3.63) is 35.9 Å². The Kier molecular flexibility index (Phi) is 5.70. The molecule has 2 aliphatic rings. The molecule has 154 valence electrons. The molecule has 1 saturated heterocycles. The summed E-state index contributed by atoms with van der Waals surface area (Å²) < 4.78 is 44.9. The topological polar surface area (TPSA) is 49.9 Å². The maximum Gasteiger partial charge on any atom is 0.471 e. The quantitative estimate of drug-likeness (QED) is 0.716. The van der Waals surface area contributed by atoms with Crippen LogP contribution in [0.3, 0.4) is 0 Å². The predicted octanol–water partition coefficient (Wildman–Crippen LogP) is 2.82. The Bertz CT molecular complexity index is 715. The standard InChI is InChI=1S/C20H25F3N2O3/c1-24-10-8-19(9-11-24,18(27)28-2)13-25(17(26)20(21,22)23)16-12-15(16)14-6-4-3-5-7-14/h3-7,15-16H,8-13H2,1-2H3/t15-,16+/m1/s1. The number of methoxy groups -OCH3 is 1. The Morgan fingerprint density at radius 3 is 2.36 bits per heavy atom. The molecule has 1 aliphatic carbocycles. The summed E-state index contributed by atoms with van der Waals surface area (Å²) in [5.74, 6) is -2.57. The van der Waals surface area contributed by atoms with Crippen molar-refractivity contribution < 1.29 is 27.5 Å². The average molecular weight is 398 g/mol. The van der Waals surface area contributed by atoms with Gasteiger partial charge in [0.15, 0.2) is 0 Å². The lowest BCUT2D eigenvalue weighted by Gasteiger charge is -2.41. The second-order valence-electron chi connectivity index (χ2n) is 7.83. The zero-order chi connectivity index (χ0) is 20.5. The summed E-state index contributed by atoms with van der Waals surface area (Å²) in [6.07, 6.45) is -3.79. The molecule has 1 heterocycles. The number of hydrogen-bond acceptors (Lipinski definition) is 4. The van der Waals surface area contributed by atoms with E-state index < -0.39 is 29.5 Å². The Hall–Kier alpha value is -2.09. The molecule has 2 fully saturated rings. The maximum absolute atomic E-state index is 13.3. The molecular weight excluding hydrogens is 373 g/mol. The molecule has 0 N–H and O–H groups in total. The van der Waals surface area contributed by atoms with Crippen molar-refractivity contribution in [1.82, 2.24) is 9.80 Å². The van der Waals surface area contributed by atoms with Crippen LogP contribution in [0.5, 0.6) is 0 Å². The highest BCUT2D eigenvalue weighted by Gasteiger charge is 2.55. The lowest BCUT2D eigenvalue weighted by molar-refractivity contribution is -0.189. The summed E-state index contributed by atoms with van der Waals surface area (Å²) in [5, 5.41) is 0. The van der Waals surface area contributed by atoms with E-state index in [0.29, 0.717) is 32.4 Å². The number of piperidine rings is 1. The second-order valence-corrected chi connectivity index (χ2v) is 7.83. The number of nitrogens with zero attached hydrogens (tertiary/aromatic N) is 2. The van der Waals surface area contributed by atoms with Crippen molar-refractivity contribution >= 4 is 11.9 Å². The highest BCUT2D eigenvalue weighted by atomic mass is 19.4. The first-order valence-electron chi connectivity index (χ1n) is 9.38. The lowest BCUT2D eigenvalue weighted by atomic mass is 9.77. The minimum atomic E-state index is -4.98. The number of carbonyl (C=O) groups is 2. The van der Waals surface area contributed by atoms with E-state index in [1.54, 1.807) is 0 Å². The number of benzene rings is 1. The van der Waals surface area contributed by atoms with E-state index in [1.165, 1.54) is 7.11 Å². The summed E-state index contributed by atoms with van der Waals surface area (Å²) in [4.78, 5) is 27.7. The number of likely N-dealkylation sites (tertiary alicyclic amines) is 1. The Labute approximate surface area is 162 Å². The molecule has 8 heteroatoms. The highest BCUT2D eigenvalue weighted by Crippen LogP contribution is 2.47. The minimum Gasteiger partial charge on any atom is -0.469 e. The first-order valence-corrected chi connectivity index (χ1v) is 9.38. The van der Waals surface area contributed by atoms with E-state index >= 15 is 0 Å². The third kappa shape index (κ3) is 4.16. The molecule has 28 heavy (non-hydrogen) atoms. The summed E-state index contributed by atoms with van der Waals surface area (Å²) in [5.41, 5.74) is -0.200. The van der Waals surface area contributed by atoms with Gasteiger partial charge in [0, 0.05) is 18.5 Å². The molecule has 3 rings (SSSR count). The number of esters is 1. The smallest absolute Gasteiger partial charge is 0.469 e. The van der Waals surface area contributed by atoms with Gasteiger partial charge in [-0.2, -0.15) is 13.2 Å². The van der Waals surface area contributed by atoms with E-state index in [1.807, 2.05) is 42.3 Å². The summed E-state index contributed by atoms with van der Waals surface area (Å²) >= 11 is 0. The fourth-order valence-electron chi connectivity index (χ4n) is 4.10. The van der Waals surface area contributed by atoms with Gasteiger partial charge in [-0.05, 0) is 45.0 Å². The molecule has 0 radical (unpaired) electrons. The largest absolute Gasteiger partial charge is 0.471 e. The van der Waals surface area contributed by atoms with E-state index in [9.17, 15) is 22.8 Å². The second kappa shape index (κ2) is 7.73. The molecule has 1 saturated carbocycles. The molecule has 1 aromatic carbocycles. The van der Waals surface area contributed by atoms with Gasteiger partial charge in [0.05, 0.1) is 12.5 Å². The first kappa shape index (κ1) is 20.6. The van der Waals surface area contributed by atoms with Crippen LogP contribution in [0.1, 0.15) is 30.7 Å². The van der Waals surface area contributed by atoms with Gasteiger partial charge >= 0.3 is 18.1 Å². The van der Waals surface area contributed by atoms with Crippen LogP contribution in [0.4, 0.5) is 13.2 Å². The van der Waals surface area contributed by atoms with Crippen molar-refractivity contribution in [2.75, 3.05) is 33.8 Å². The number of hydrogen-bond donors (Lipinski definition) is 0. The van der Waals surface area contributed by atoms with Crippen LogP contribution in [0.2, 0.25) is 0 Å². The summed E-state index contributed by atoms with van der Waals surface area (Å²) in [6.45, 7) is 0.867. The van der Waals surface area contributed by atoms with Gasteiger partial charge in [-0.25, -0.2) is 0 Å². The Balaban J connectivity index is 1.87. The molecule has 0 aromatic heterocycles. The van der Waals surface area contributed by atoms with Crippen molar-refractivity contribution in [3.63, 3.8) is 0 Å². The third-order valence-electron chi connectivity index (χ3n) is 5.92. The predicted molar refractivity (Wildman–Crippen MR) is 96.5 cm³/mol. The Morgan fingerprint density at radius 2 is 1.82 bits per heavy atom. The van der Waals surface area contributed by atoms with Crippen molar-refractivity contribution in [3.8, 4) is 0 Å². The number of carbonyl (C=O) groups excluding carboxylic acids is 2. The van der Waals surface area contributed by atoms with Crippen LogP contribution in [0, 0.1) is 5.41 Å². The van der Waals surface area contributed by atoms with Gasteiger partial charge in [0.1, 0.15) is 0 Å².